The lowest BCUT2D eigenvalue weighted by molar-refractivity contribution is -0.121. The molecule has 0 aromatic heterocycles. The van der Waals surface area contributed by atoms with E-state index in [1.807, 2.05) is 27.7 Å². The molecule has 3 heteroatoms. The molecule has 0 amide bonds. The fourth-order valence-corrected chi connectivity index (χ4v) is 0.930. The Morgan fingerprint density at radius 3 is 1.50 bits per heavy atom. The maximum atomic E-state index is 10.5. The quantitative estimate of drug-likeness (QED) is 0.553. The highest BCUT2D eigenvalue weighted by Crippen LogP contribution is 1.86. The van der Waals surface area contributed by atoms with E-state index >= 15 is 0 Å². The zero-order chi connectivity index (χ0) is 18.8. The summed E-state index contributed by atoms with van der Waals surface area (Å²) >= 11 is 0. The molecule has 0 spiro atoms. The third kappa shape index (κ3) is 73.6. The second-order valence-electron chi connectivity index (χ2n) is 4.47. The van der Waals surface area contributed by atoms with Crippen LogP contribution in [0.25, 0.3) is 0 Å². The summed E-state index contributed by atoms with van der Waals surface area (Å²) in [5, 5.41) is 0. The molecule has 0 fully saturated rings. The van der Waals surface area contributed by atoms with Crippen molar-refractivity contribution in [2.45, 2.75) is 88.5 Å². The molecular formula is C19H47NO2. The Morgan fingerprint density at radius 2 is 1.23 bits per heavy atom. The monoisotopic (exact) mass is 321 g/mol. The summed E-state index contributed by atoms with van der Waals surface area (Å²) in [5.74, 6) is 0.0909. The minimum atomic E-state index is 0.0909. The van der Waals surface area contributed by atoms with Gasteiger partial charge in [-0.2, -0.15) is 0 Å². The number of carbonyl (C=O) groups is 1. The molecule has 22 heavy (non-hydrogen) atoms. The van der Waals surface area contributed by atoms with Gasteiger partial charge in [0.25, 0.3) is 0 Å². The highest BCUT2D eigenvalue weighted by Gasteiger charge is 1.96. The number of hydrogen-bond donors (Lipinski definition) is 0. The van der Waals surface area contributed by atoms with Crippen LogP contribution in [0.3, 0.4) is 0 Å². The Kier molecular flexibility index (Phi) is 64.7. The van der Waals surface area contributed by atoms with E-state index < -0.39 is 0 Å². The van der Waals surface area contributed by atoms with Gasteiger partial charge in [0, 0.05) is 6.54 Å². The molecule has 0 bridgehead atoms. The molecule has 0 aromatic rings. The smallest absolute Gasteiger partial charge is 0.155 e. The third-order valence-corrected chi connectivity index (χ3v) is 1.53. The van der Waals surface area contributed by atoms with Crippen LogP contribution >= 0.6 is 0 Å². The third-order valence-electron chi connectivity index (χ3n) is 1.53. The van der Waals surface area contributed by atoms with Gasteiger partial charge in [0.05, 0.1) is 6.61 Å². The summed E-state index contributed by atoms with van der Waals surface area (Å²) in [6.07, 6.45) is 3.66. The number of carbonyl (C=O) groups excluding carboxylic acids is 1. The first-order chi connectivity index (χ1) is 10.5. The highest BCUT2D eigenvalue weighted by molar-refractivity contribution is 5.76. The van der Waals surface area contributed by atoms with Crippen LogP contribution in [0.2, 0.25) is 0 Å². The van der Waals surface area contributed by atoms with Gasteiger partial charge in [-0.3, -0.25) is 4.79 Å². The summed E-state index contributed by atoms with van der Waals surface area (Å²) in [4.78, 5) is 12.7. The predicted molar refractivity (Wildman–Crippen MR) is 104 cm³/mol. The van der Waals surface area contributed by atoms with Gasteiger partial charge in [0.15, 0.2) is 5.78 Å². The lowest BCUT2D eigenvalue weighted by Gasteiger charge is -2.14. The SMILES string of the molecule is CC.CC.CCC.CCC.CCCN(C)CCOCC(C)=O. The second-order valence-corrected chi connectivity index (χ2v) is 4.47. The Bertz CT molecular complexity index is 148. The summed E-state index contributed by atoms with van der Waals surface area (Å²) < 4.78 is 5.12. The van der Waals surface area contributed by atoms with Crippen LogP contribution in [-0.4, -0.2) is 44.0 Å². The summed E-state index contributed by atoms with van der Waals surface area (Å²) in [6.45, 7) is 23.1. The number of rotatable bonds is 7. The minimum Gasteiger partial charge on any atom is -0.372 e. The Hall–Kier alpha value is -0.410. The molecule has 0 saturated carbocycles. The normalized spacial score (nSPS) is 8.00. The molecule has 0 unspecified atom stereocenters. The standard InChI is InChI=1S/C9H19NO2.2C3H8.2C2H6/c1-4-5-10(3)6-7-12-8-9(2)11;2*1-3-2;2*1-2/h4-8H2,1-3H3;2*3H2,1-2H3;2*1-2H3. The van der Waals surface area contributed by atoms with Crippen molar-refractivity contribution in [1.82, 2.24) is 4.90 Å². The number of nitrogens with zero attached hydrogens (tertiary/aromatic N) is 1. The van der Waals surface area contributed by atoms with Gasteiger partial charge >= 0.3 is 0 Å². The van der Waals surface area contributed by atoms with Crippen molar-refractivity contribution in [3.63, 3.8) is 0 Å². The van der Waals surface area contributed by atoms with E-state index in [0.29, 0.717) is 6.61 Å². The maximum Gasteiger partial charge on any atom is 0.155 e. The van der Waals surface area contributed by atoms with E-state index in [0.717, 1.165) is 19.5 Å². The first-order valence-electron chi connectivity index (χ1n) is 9.25. The molecule has 0 atom stereocenters. The topological polar surface area (TPSA) is 29.5 Å². The van der Waals surface area contributed by atoms with Gasteiger partial charge in [0.2, 0.25) is 0 Å². The average Bonchev–Trinajstić information content (AvgIpc) is 2.50. The van der Waals surface area contributed by atoms with E-state index in [4.69, 9.17) is 4.74 Å². The maximum absolute atomic E-state index is 10.5. The fourth-order valence-electron chi connectivity index (χ4n) is 0.930. The van der Waals surface area contributed by atoms with E-state index in [1.54, 1.807) is 0 Å². The summed E-state index contributed by atoms with van der Waals surface area (Å²) in [5.41, 5.74) is 0. The lowest BCUT2D eigenvalue weighted by atomic mass is 10.4. The zero-order valence-corrected chi connectivity index (χ0v) is 17.7. The van der Waals surface area contributed by atoms with Crippen molar-refractivity contribution in [1.29, 1.82) is 0 Å². The van der Waals surface area contributed by atoms with Crippen LogP contribution in [0.4, 0.5) is 0 Å². The fraction of sp³-hybridized carbons (Fsp3) is 0.947. The molecule has 0 saturated heterocycles. The van der Waals surface area contributed by atoms with Crippen molar-refractivity contribution in [3.05, 3.63) is 0 Å². The molecule has 0 rings (SSSR count). The largest absolute Gasteiger partial charge is 0.372 e. The number of ketones is 1. The van der Waals surface area contributed by atoms with Crippen molar-refractivity contribution >= 4 is 5.78 Å². The van der Waals surface area contributed by atoms with Crippen molar-refractivity contribution in [3.8, 4) is 0 Å². The summed E-state index contributed by atoms with van der Waals surface area (Å²) in [7, 11) is 2.06. The van der Waals surface area contributed by atoms with Gasteiger partial charge in [0.1, 0.15) is 6.61 Å². The van der Waals surface area contributed by atoms with Crippen LogP contribution in [0.5, 0.6) is 0 Å². The number of likely N-dealkylation sites (N-methyl/N-ethyl adjacent to an activating group) is 1. The first-order valence-corrected chi connectivity index (χ1v) is 9.25. The van der Waals surface area contributed by atoms with E-state index in [-0.39, 0.29) is 12.4 Å². The number of hydrogen-bond acceptors (Lipinski definition) is 3. The predicted octanol–water partition coefficient (Wildman–Crippen LogP) is 5.82. The molecule has 0 aromatic carbocycles. The van der Waals surface area contributed by atoms with Gasteiger partial charge in [-0.15, -0.1) is 0 Å². The van der Waals surface area contributed by atoms with Crippen LogP contribution in [0.1, 0.15) is 88.5 Å². The number of ether oxygens (including phenoxy) is 1. The molecule has 0 aliphatic heterocycles. The summed E-state index contributed by atoms with van der Waals surface area (Å²) in [6, 6.07) is 0. The molecule has 0 N–H and O–H groups in total. The Balaban J connectivity index is -0.0000000799. The molecule has 0 aliphatic carbocycles. The van der Waals surface area contributed by atoms with Crippen molar-refractivity contribution in [2.24, 2.45) is 0 Å². The Morgan fingerprint density at radius 1 is 0.864 bits per heavy atom. The second kappa shape index (κ2) is 42.8. The Labute approximate surface area is 142 Å². The van der Waals surface area contributed by atoms with E-state index in [1.165, 1.54) is 19.8 Å². The molecule has 0 radical (unpaired) electrons. The zero-order valence-electron chi connectivity index (χ0n) is 17.7. The van der Waals surface area contributed by atoms with Crippen molar-refractivity contribution in [2.75, 3.05) is 33.4 Å². The van der Waals surface area contributed by atoms with Crippen molar-refractivity contribution < 1.29 is 9.53 Å². The first kappa shape index (κ1) is 33.3. The minimum absolute atomic E-state index is 0.0909. The van der Waals surface area contributed by atoms with Gasteiger partial charge in [-0.1, -0.05) is 75.2 Å². The van der Waals surface area contributed by atoms with Crippen LogP contribution < -0.4 is 0 Å². The van der Waals surface area contributed by atoms with E-state index in [9.17, 15) is 4.79 Å². The lowest BCUT2D eigenvalue weighted by Crippen LogP contribution is -2.24. The average molecular weight is 322 g/mol. The van der Waals surface area contributed by atoms with Gasteiger partial charge < -0.3 is 9.64 Å². The molecular weight excluding hydrogens is 274 g/mol. The van der Waals surface area contributed by atoms with Crippen LogP contribution in [0.15, 0.2) is 0 Å². The highest BCUT2D eigenvalue weighted by atomic mass is 16.5. The van der Waals surface area contributed by atoms with E-state index in [2.05, 4.69) is 46.6 Å². The molecule has 3 nitrogen and oxygen atoms in total. The van der Waals surface area contributed by atoms with Gasteiger partial charge in [-0.05, 0) is 26.9 Å². The van der Waals surface area contributed by atoms with Crippen LogP contribution in [-0.2, 0) is 9.53 Å². The van der Waals surface area contributed by atoms with Gasteiger partial charge in [-0.25, -0.2) is 0 Å². The van der Waals surface area contributed by atoms with Crippen LogP contribution in [0, 0.1) is 0 Å². The molecule has 0 aliphatic rings. The molecule has 140 valence electrons. The number of Topliss-reactive ketones (excluding diaryl/α,β-unsaturated/α-hetero) is 1. The molecule has 0 heterocycles.